The summed E-state index contributed by atoms with van der Waals surface area (Å²) in [5, 5.41) is 2.97. The standard InChI is InChI=1S/C17H14FNO/c1-2-13-3-5-14(6-4-13)11-17(20)12-19-16-9-7-15(18)8-10-16/h1,3-10,19H,11-12H2. The molecule has 0 bridgehead atoms. The minimum atomic E-state index is -0.296. The van der Waals surface area contributed by atoms with Gasteiger partial charge in [-0.15, -0.1) is 6.42 Å². The lowest BCUT2D eigenvalue weighted by Gasteiger charge is -2.06. The van der Waals surface area contributed by atoms with Crippen LogP contribution in [0, 0.1) is 18.2 Å². The smallest absolute Gasteiger partial charge is 0.156 e. The number of ketones is 1. The first-order chi connectivity index (χ1) is 9.67. The lowest BCUT2D eigenvalue weighted by molar-refractivity contribution is -0.116. The molecule has 0 unspecified atom stereocenters. The number of Topliss-reactive ketones (excluding diaryl/α,β-unsaturated/α-hetero) is 1. The van der Waals surface area contributed by atoms with Crippen LogP contribution in [0.3, 0.4) is 0 Å². The van der Waals surface area contributed by atoms with Gasteiger partial charge in [0.1, 0.15) is 5.82 Å². The Balaban J connectivity index is 1.86. The number of rotatable bonds is 5. The second kappa shape index (κ2) is 6.53. The first-order valence-electron chi connectivity index (χ1n) is 6.24. The molecule has 0 heterocycles. The molecule has 0 atom stereocenters. The zero-order valence-electron chi connectivity index (χ0n) is 10.9. The number of hydrogen-bond acceptors (Lipinski definition) is 2. The fourth-order valence-electron chi connectivity index (χ4n) is 1.78. The maximum absolute atomic E-state index is 12.7. The summed E-state index contributed by atoms with van der Waals surface area (Å²) in [4.78, 5) is 11.8. The molecule has 0 saturated carbocycles. The predicted octanol–water partition coefficient (Wildman–Crippen LogP) is 3.03. The molecule has 1 N–H and O–H groups in total. The Morgan fingerprint density at radius 1 is 1.10 bits per heavy atom. The van der Waals surface area contributed by atoms with Crippen LogP contribution in [0.2, 0.25) is 0 Å². The molecule has 0 spiro atoms. The summed E-state index contributed by atoms with van der Waals surface area (Å²) in [7, 11) is 0. The van der Waals surface area contributed by atoms with Crippen molar-refractivity contribution in [3.05, 3.63) is 65.5 Å². The lowest BCUT2D eigenvalue weighted by Crippen LogP contribution is -2.15. The fourth-order valence-corrected chi connectivity index (χ4v) is 1.78. The van der Waals surface area contributed by atoms with Crippen LogP contribution in [-0.4, -0.2) is 12.3 Å². The normalized spacial score (nSPS) is 9.80. The average molecular weight is 267 g/mol. The average Bonchev–Trinajstić information content (AvgIpc) is 2.47. The van der Waals surface area contributed by atoms with Crippen LogP contribution in [0.4, 0.5) is 10.1 Å². The molecule has 100 valence electrons. The van der Waals surface area contributed by atoms with E-state index in [1.165, 1.54) is 12.1 Å². The summed E-state index contributed by atoms with van der Waals surface area (Å²) in [6, 6.07) is 13.2. The molecule has 0 aliphatic carbocycles. The number of carbonyl (C=O) groups excluding carboxylic acids is 1. The molecule has 0 radical (unpaired) electrons. The second-order valence-corrected chi connectivity index (χ2v) is 4.42. The Morgan fingerprint density at radius 2 is 1.75 bits per heavy atom. The summed E-state index contributed by atoms with van der Waals surface area (Å²) < 4.78 is 12.7. The molecule has 2 rings (SSSR count). The van der Waals surface area contributed by atoms with Crippen molar-refractivity contribution in [2.45, 2.75) is 6.42 Å². The van der Waals surface area contributed by atoms with Crippen molar-refractivity contribution < 1.29 is 9.18 Å². The van der Waals surface area contributed by atoms with Gasteiger partial charge >= 0.3 is 0 Å². The van der Waals surface area contributed by atoms with Gasteiger partial charge in [-0.3, -0.25) is 4.79 Å². The Bertz CT molecular complexity index is 624. The molecule has 20 heavy (non-hydrogen) atoms. The molecule has 2 nitrogen and oxygen atoms in total. The van der Waals surface area contributed by atoms with Gasteiger partial charge in [-0.2, -0.15) is 0 Å². The Kier molecular flexibility index (Phi) is 4.52. The van der Waals surface area contributed by atoms with Crippen molar-refractivity contribution in [2.24, 2.45) is 0 Å². The first kappa shape index (κ1) is 13.8. The predicted molar refractivity (Wildman–Crippen MR) is 78.0 cm³/mol. The summed E-state index contributed by atoms with van der Waals surface area (Å²) in [6.07, 6.45) is 5.62. The van der Waals surface area contributed by atoms with E-state index in [9.17, 15) is 9.18 Å². The Labute approximate surface area is 117 Å². The number of anilines is 1. The molecular formula is C17H14FNO. The van der Waals surface area contributed by atoms with Crippen molar-refractivity contribution in [3.63, 3.8) is 0 Å². The van der Waals surface area contributed by atoms with E-state index in [1.54, 1.807) is 12.1 Å². The minimum Gasteiger partial charge on any atom is -0.378 e. The summed E-state index contributed by atoms with van der Waals surface area (Å²) in [6.45, 7) is 0.211. The Morgan fingerprint density at radius 3 is 2.35 bits per heavy atom. The fraction of sp³-hybridized carbons (Fsp3) is 0.118. The van der Waals surface area contributed by atoms with Gasteiger partial charge < -0.3 is 5.32 Å². The molecule has 0 aromatic heterocycles. The molecule has 0 amide bonds. The third-order valence-electron chi connectivity index (χ3n) is 2.86. The number of halogens is 1. The highest BCUT2D eigenvalue weighted by atomic mass is 19.1. The molecule has 0 fully saturated rings. The van der Waals surface area contributed by atoms with Crippen LogP contribution in [0.25, 0.3) is 0 Å². The van der Waals surface area contributed by atoms with E-state index >= 15 is 0 Å². The minimum absolute atomic E-state index is 0.0581. The van der Waals surface area contributed by atoms with Crippen molar-refractivity contribution in [1.29, 1.82) is 0 Å². The van der Waals surface area contributed by atoms with Gasteiger partial charge in [-0.05, 0) is 42.0 Å². The van der Waals surface area contributed by atoms with Crippen LogP contribution in [-0.2, 0) is 11.2 Å². The lowest BCUT2D eigenvalue weighted by atomic mass is 10.1. The zero-order chi connectivity index (χ0) is 14.4. The summed E-state index contributed by atoms with van der Waals surface area (Å²) in [5.74, 6) is 2.29. The summed E-state index contributed by atoms with van der Waals surface area (Å²) >= 11 is 0. The second-order valence-electron chi connectivity index (χ2n) is 4.42. The largest absolute Gasteiger partial charge is 0.378 e. The van der Waals surface area contributed by atoms with E-state index in [4.69, 9.17) is 6.42 Å². The monoisotopic (exact) mass is 267 g/mol. The van der Waals surface area contributed by atoms with Crippen molar-refractivity contribution >= 4 is 11.5 Å². The van der Waals surface area contributed by atoms with Gasteiger partial charge in [0, 0.05) is 17.7 Å². The number of benzene rings is 2. The highest BCUT2D eigenvalue weighted by Crippen LogP contribution is 2.08. The van der Waals surface area contributed by atoms with Crippen LogP contribution >= 0.6 is 0 Å². The maximum atomic E-state index is 12.7. The molecule has 3 heteroatoms. The molecule has 2 aromatic carbocycles. The molecular weight excluding hydrogens is 253 g/mol. The highest BCUT2D eigenvalue weighted by Gasteiger charge is 2.04. The quantitative estimate of drug-likeness (QED) is 0.844. The van der Waals surface area contributed by atoms with Gasteiger partial charge in [0.2, 0.25) is 0 Å². The van der Waals surface area contributed by atoms with E-state index in [1.807, 2.05) is 24.3 Å². The van der Waals surface area contributed by atoms with Gasteiger partial charge in [0.25, 0.3) is 0 Å². The third kappa shape index (κ3) is 3.96. The summed E-state index contributed by atoms with van der Waals surface area (Å²) in [5.41, 5.74) is 2.45. The van der Waals surface area contributed by atoms with Gasteiger partial charge in [-0.25, -0.2) is 4.39 Å². The van der Waals surface area contributed by atoms with E-state index in [0.29, 0.717) is 6.42 Å². The maximum Gasteiger partial charge on any atom is 0.156 e. The van der Waals surface area contributed by atoms with E-state index in [2.05, 4.69) is 11.2 Å². The van der Waals surface area contributed by atoms with Crippen molar-refractivity contribution in [1.82, 2.24) is 0 Å². The van der Waals surface area contributed by atoms with E-state index in [-0.39, 0.29) is 18.1 Å². The first-order valence-corrected chi connectivity index (χ1v) is 6.24. The number of hydrogen-bond donors (Lipinski definition) is 1. The molecule has 0 aliphatic heterocycles. The van der Waals surface area contributed by atoms with Gasteiger partial charge in [0.05, 0.1) is 6.54 Å². The molecule has 2 aromatic rings. The van der Waals surface area contributed by atoms with Crippen LogP contribution in [0.1, 0.15) is 11.1 Å². The number of terminal acetylenes is 1. The third-order valence-corrected chi connectivity index (χ3v) is 2.86. The van der Waals surface area contributed by atoms with Gasteiger partial charge in [0.15, 0.2) is 5.78 Å². The number of nitrogens with one attached hydrogen (secondary N) is 1. The van der Waals surface area contributed by atoms with Crippen LogP contribution < -0.4 is 5.32 Å². The van der Waals surface area contributed by atoms with E-state index in [0.717, 1.165) is 16.8 Å². The highest BCUT2D eigenvalue weighted by molar-refractivity contribution is 5.85. The van der Waals surface area contributed by atoms with Crippen molar-refractivity contribution in [3.8, 4) is 12.3 Å². The van der Waals surface area contributed by atoms with Crippen LogP contribution in [0.15, 0.2) is 48.5 Å². The van der Waals surface area contributed by atoms with E-state index < -0.39 is 0 Å². The SMILES string of the molecule is C#Cc1ccc(CC(=O)CNc2ccc(F)cc2)cc1. The number of carbonyl (C=O) groups is 1. The topological polar surface area (TPSA) is 29.1 Å². The van der Waals surface area contributed by atoms with Crippen molar-refractivity contribution in [2.75, 3.05) is 11.9 Å². The molecule has 0 saturated heterocycles. The zero-order valence-corrected chi connectivity index (χ0v) is 10.9. The van der Waals surface area contributed by atoms with Gasteiger partial charge in [-0.1, -0.05) is 18.1 Å². The molecule has 0 aliphatic rings. The van der Waals surface area contributed by atoms with Crippen LogP contribution in [0.5, 0.6) is 0 Å². The Hall–Kier alpha value is -2.60.